The summed E-state index contributed by atoms with van der Waals surface area (Å²) in [4.78, 5) is 23.9. The minimum atomic E-state index is -0.740. The number of hydrogen-bond acceptors (Lipinski definition) is 3. The van der Waals surface area contributed by atoms with Crippen LogP contribution in [0.4, 0.5) is 5.69 Å². The summed E-state index contributed by atoms with van der Waals surface area (Å²) in [6.07, 6.45) is 0. The highest BCUT2D eigenvalue weighted by molar-refractivity contribution is 6.39. The SMILES string of the molecule is CC(C)c1ccc(NC(=O)COC(=O)c2c(Cl)cccc2Cl)cc1. The Labute approximate surface area is 150 Å². The summed E-state index contributed by atoms with van der Waals surface area (Å²) in [6, 6.07) is 12.2. The molecule has 0 fully saturated rings. The summed E-state index contributed by atoms with van der Waals surface area (Å²) in [6.45, 7) is 3.76. The molecule has 0 radical (unpaired) electrons. The molecule has 2 aromatic rings. The van der Waals surface area contributed by atoms with Gasteiger partial charge in [-0.25, -0.2) is 4.79 Å². The second-order valence-electron chi connectivity index (χ2n) is 5.50. The average molecular weight is 366 g/mol. The highest BCUT2D eigenvalue weighted by atomic mass is 35.5. The van der Waals surface area contributed by atoms with Gasteiger partial charge in [0.25, 0.3) is 5.91 Å². The first-order valence-electron chi connectivity index (χ1n) is 7.39. The molecular weight excluding hydrogens is 349 g/mol. The van der Waals surface area contributed by atoms with E-state index in [0.717, 1.165) is 0 Å². The molecule has 1 amide bonds. The summed E-state index contributed by atoms with van der Waals surface area (Å²) in [5, 5.41) is 3.02. The second-order valence-corrected chi connectivity index (χ2v) is 6.31. The summed E-state index contributed by atoms with van der Waals surface area (Å²) in [5.74, 6) is -0.768. The van der Waals surface area contributed by atoms with Gasteiger partial charge in [-0.1, -0.05) is 55.2 Å². The lowest BCUT2D eigenvalue weighted by atomic mass is 10.0. The third-order valence-electron chi connectivity index (χ3n) is 3.36. The van der Waals surface area contributed by atoms with E-state index >= 15 is 0 Å². The minimum absolute atomic E-state index is 0.0509. The van der Waals surface area contributed by atoms with Crippen LogP contribution in [0, 0.1) is 0 Å². The Balaban J connectivity index is 1.92. The molecule has 4 nitrogen and oxygen atoms in total. The number of carbonyl (C=O) groups excluding carboxylic acids is 2. The van der Waals surface area contributed by atoms with E-state index in [2.05, 4.69) is 19.2 Å². The van der Waals surface area contributed by atoms with Crippen molar-refractivity contribution in [1.82, 2.24) is 0 Å². The zero-order valence-electron chi connectivity index (χ0n) is 13.3. The summed E-state index contributed by atoms with van der Waals surface area (Å²) in [7, 11) is 0. The zero-order chi connectivity index (χ0) is 17.7. The molecule has 2 aromatic carbocycles. The van der Waals surface area contributed by atoms with Crippen molar-refractivity contribution in [3.05, 3.63) is 63.6 Å². The van der Waals surface area contributed by atoms with E-state index in [0.29, 0.717) is 11.6 Å². The van der Waals surface area contributed by atoms with E-state index in [1.54, 1.807) is 18.2 Å². The fourth-order valence-corrected chi connectivity index (χ4v) is 2.60. The van der Waals surface area contributed by atoms with Crippen molar-refractivity contribution < 1.29 is 14.3 Å². The molecule has 0 saturated carbocycles. The van der Waals surface area contributed by atoms with Crippen molar-refractivity contribution in [3.8, 4) is 0 Å². The lowest BCUT2D eigenvalue weighted by Gasteiger charge is -2.10. The Bertz CT molecular complexity index is 722. The zero-order valence-corrected chi connectivity index (χ0v) is 14.8. The van der Waals surface area contributed by atoms with Gasteiger partial charge in [-0.15, -0.1) is 0 Å². The van der Waals surface area contributed by atoms with Gasteiger partial charge in [-0.2, -0.15) is 0 Å². The van der Waals surface area contributed by atoms with Crippen molar-refractivity contribution in [1.29, 1.82) is 0 Å². The summed E-state index contributed by atoms with van der Waals surface area (Å²) in [5.41, 5.74) is 1.86. The van der Waals surface area contributed by atoms with Crippen LogP contribution in [-0.2, 0) is 9.53 Å². The summed E-state index contributed by atoms with van der Waals surface area (Å²) >= 11 is 11.8. The Hall–Kier alpha value is -2.04. The smallest absolute Gasteiger partial charge is 0.341 e. The fourth-order valence-electron chi connectivity index (χ4n) is 2.04. The first kappa shape index (κ1) is 18.3. The van der Waals surface area contributed by atoms with Crippen LogP contribution >= 0.6 is 23.2 Å². The molecule has 0 aliphatic carbocycles. The number of halogens is 2. The number of rotatable bonds is 5. The van der Waals surface area contributed by atoms with Gasteiger partial charge in [0.1, 0.15) is 0 Å². The van der Waals surface area contributed by atoms with E-state index in [1.165, 1.54) is 17.7 Å². The van der Waals surface area contributed by atoms with Crippen molar-refractivity contribution in [2.45, 2.75) is 19.8 Å². The standard InChI is InChI=1S/C18H17Cl2NO3/c1-11(2)12-6-8-13(9-7-12)21-16(22)10-24-18(23)17-14(19)4-3-5-15(17)20/h3-9,11H,10H2,1-2H3,(H,21,22). The van der Waals surface area contributed by atoms with Crippen molar-refractivity contribution in [2.75, 3.05) is 11.9 Å². The normalized spacial score (nSPS) is 10.5. The molecule has 6 heteroatoms. The van der Waals surface area contributed by atoms with E-state index < -0.39 is 18.5 Å². The topological polar surface area (TPSA) is 55.4 Å². The van der Waals surface area contributed by atoms with Crippen molar-refractivity contribution >= 4 is 40.8 Å². The number of carbonyl (C=O) groups is 2. The molecule has 0 heterocycles. The lowest BCUT2D eigenvalue weighted by Crippen LogP contribution is -2.21. The number of nitrogens with one attached hydrogen (secondary N) is 1. The number of benzene rings is 2. The van der Waals surface area contributed by atoms with Crippen LogP contribution in [0.15, 0.2) is 42.5 Å². The molecule has 0 saturated heterocycles. The van der Waals surface area contributed by atoms with Gasteiger partial charge in [-0.05, 0) is 35.7 Å². The highest BCUT2D eigenvalue weighted by Crippen LogP contribution is 2.25. The second kappa shape index (κ2) is 8.18. The molecule has 0 aromatic heterocycles. The van der Waals surface area contributed by atoms with Gasteiger partial charge in [0.05, 0.1) is 15.6 Å². The third kappa shape index (κ3) is 4.73. The minimum Gasteiger partial charge on any atom is -0.452 e. The predicted molar refractivity (Wildman–Crippen MR) is 95.9 cm³/mol. The van der Waals surface area contributed by atoms with E-state index in [4.69, 9.17) is 27.9 Å². The molecule has 0 bridgehead atoms. The Morgan fingerprint density at radius 2 is 1.62 bits per heavy atom. The molecule has 24 heavy (non-hydrogen) atoms. The Morgan fingerprint density at radius 1 is 1.04 bits per heavy atom. The summed E-state index contributed by atoms with van der Waals surface area (Å²) < 4.78 is 4.97. The van der Waals surface area contributed by atoms with Gasteiger partial charge in [-0.3, -0.25) is 4.79 Å². The van der Waals surface area contributed by atoms with Gasteiger partial charge in [0, 0.05) is 5.69 Å². The van der Waals surface area contributed by atoms with E-state index in [1.807, 2.05) is 12.1 Å². The molecule has 2 rings (SSSR count). The Morgan fingerprint density at radius 3 is 2.17 bits per heavy atom. The van der Waals surface area contributed by atoms with Crippen molar-refractivity contribution in [2.24, 2.45) is 0 Å². The molecule has 0 aliphatic heterocycles. The van der Waals surface area contributed by atoms with Crippen LogP contribution in [0.1, 0.15) is 35.7 Å². The maximum atomic E-state index is 12.0. The largest absolute Gasteiger partial charge is 0.452 e. The van der Waals surface area contributed by atoms with Gasteiger partial charge in [0.15, 0.2) is 6.61 Å². The van der Waals surface area contributed by atoms with Gasteiger partial charge < -0.3 is 10.1 Å². The van der Waals surface area contributed by atoms with Crippen LogP contribution in [-0.4, -0.2) is 18.5 Å². The van der Waals surface area contributed by atoms with Crippen molar-refractivity contribution in [3.63, 3.8) is 0 Å². The molecule has 126 valence electrons. The lowest BCUT2D eigenvalue weighted by molar-refractivity contribution is -0.119. The Kier molecular flexibility index (Phi) is 6.23. The van der Waals surface area contributed by atoms with Crippen LogP contribution in [0.2, 0.25) is 10.0 Å². The number of ether oxygens (including phenoxy) is 1. The number of esters is 1. The van der Waals surface area contributed by atoms with Gasteiger partial charge in [0.2, 0.25) is 0 Å². The van der Waals surface area contributed by atoms with Crippen LogP contribution < -0.4 is 5.32 Å². The number of hydrogen-bond donors (Lipinski definition) is 1. The molecule has 0 atom stereocenters. The molecule has 0 unspecified atom stereocenters. The van der Waals surface area contributed by atoms with Gasteiger partial charge >= 0.3 is 5.97 Å². The first-order chi connectivity index (χ1) is 11.4. The van der Waals surface area contributed by atoms with Crippen LogP contribution in [0.5, 0.6) is 0 Å². The third-order valence-corrected chi connectivity index (χ3v) is 3.99. The van der Waals surface area contributed by atoms with Crippen LogP contribution in [0.3, 0.4) is 0 Å². The maximum absolute atomic E-state index is 12.0. The molecule has 0 aliphatic rings. The monoisotopic (exact) mass is 365 g/mol. The number of anilines is 1. The first-order valence-corrected chi connectivity index (χ1v) is 8.15. The van der Waals surface area contributed by atoms with Crippen LogP contribution in [0.25, 0.3) is 0 Å². The molecular formula is C18H17Cl2NO3. The van der Waals surface area contributed by atoms with E-state index in [9.17, 15) is 9.59 Å². The highest BCUT2D eigenvalue weighted by Gasteiger charge is 2.17. The fraction of sp³-hybridized carbons (Fsp3) is 0.222. The number of amides is 1. The predicted octanol–water partition coefficient (Wildman–Crippen LogP) is 4.91. The maximum Gasteiger partial charge on any atom is 0.341 e. The molecule has 0 spiro atoms. The van der Waals surface area contributed by atoms with E-state index in [-0.39, 0.29) is 15.6 Å². The molecule has 1 N–H and O–H groups in total. The average Bonchev–Trinajstić information content (AvgIpc) is 2.53. The quantitative estimate of drug-likeness (QED) is 0.765.